The first-order valence-corrected chi connectivity index (χ1v) is 12.8. The quantitative estimate of drug-likeness (QED) is 0.410. The number of methoxy groups -OCH3 is 1. The molecule has 3 aromatic heterocycles. The first kappa shape index (κ1) is 21.7. The number of aromatic nitrogens is 5. The Balaban J connectivity index is 1.37. The summed E-state index contributed by atoms with van der Waals surface area (Å²) in [6.07, 6.45) is 2.32. The van der Waals surface area contributed by atoms with Gasteiger partial charge in [0, 0.05) is 31.1 Å². The number of fused-ring (bicyclic) bond motifs is 1. The van der Waals surface area contributed by atoms with Crippen LogP contribution in [-0.2, 0) is 16.4 Å². The summed E-state index contributed by atoms with van der Waals surface area (Å²) in [4.78, 5) is 11.9. The molecule has 0 unspecified atom stereocenters. The maximum absolute atomic E-state index is 13.0. The molecular formula is C21H23N7O3S2. The number of thiophene rings is 1. The SMILES string of the molecule is CCc1ccc(S(=O)(=O)N2CCN(c3ncnc4c3nnn4-c3ccc(OC)cc3)CC2)s1. The Morgan fingerprint density at radius 1 is 1.03 bits per heavy atom. The molecule has 4 heterocycles. The van der Waals surface area contributed by atoms with Gasteiger partial charge in [0.15, 0.2) is 17.0 Å². The number of aryl methyl sites for hydroxylation is 1. The second kappa shape index (κ2) is 8.69. The molecule has 0 saturated carbocycles. The summed E-state index contributed by atoms with van der Waals surface area (Å²) < 4.78 is 34.9. The average Bonchev–Trinajstić information content (AvgIpc) is 3.52. The van der Waals surface area contributed by atoms with E-state index in [-0.39, 0.29) is 0 Å². The molecule has 1 aromatic carbocycles. The second-order valence-electron chi connectivity index (χ2n) is 7.53. The Bertz CT molecular complexity index is 1370. The summed E-state index contributed by atoms with van der Waals surface area (Å²) in [5.74, 6) is 1.40. The monoisotopic (exact) mass is 485 g/mol. The first-order chi connectivity index (χ1) is 16.0. The van der Waals surface area contributed by atoms with Gasteiger partial charge in [0.1, 0.15) is 16.3 Å². The molecule has 1 fully saturated rings. The highest BCUT2D eigenvalue weighted by Gasteiger charge is 2.31. The minimum absolute atomic E-state index is 0.375. The van der Waals surface area contributed by atoms with E-state index < -0.39 is 10.0 Å². The third-order valence-corrected chi connectivity index (χ3v) is 9.25. The largest absolute Gasteiger partial charge is 0.497 e. The average molecular weight is 486 g/mol. The van der Waals surface area contributed by atoms with Crippen molar-refractivity contribution in [3.8, 4) is 11.4 Å². The van der Waals surface area contributed by atoms with Gasteiger partial charge in [0.25, 0.3) is 10.0 Å². The van der Waals surface area contributed by atoms with Gasteiger partial charge >= 0.3 is 0 Å². The molecule has 1 aliphatic heterocycles. The molecule has 172 valence electrons. The van der Waals surface area contributed by atoms with Crippen LogP contribution in [0.4, 0.5) is 5.82 Å². The first-order valence-electron chi connectivity index (χ1n) is 10.6. The standard InChI is InChI=1S/C21H23N7O3S2/c1-3-17-8-9-18(32-17)33(29,30)27-12-10-26(11-13-27)20-19-21(23-14-22-20)28(25-24-19)15-4-6-16(31-2)7-5-15/h4-9,14H,3,10-13H2,1-2H3. The van der Waals surface area contributed by atoms with Crippen molar-refractivity contribution in [3.05, 3.63) is 47.6 Å². The van der Waals surface area contributed by atoms with Gasteiger partial charge in [0.05, 0.1) is 12.8 Å². The lowest BCUT2D eigenvalue weighted by atomic mass is 10.3. The van der Waals surface area contributed by atoms with E-state index in [0.717, 1.165) is 22.7 Å². The van der Waals surface area contributed by atoms with E-state index in [1.807, 2.05) is 42.2 Å². The minimum Gasteiger partial charge on any atom is -0.497 e. The van der Waals surface area contributed by atoms with Gasteiger partial charge in [-0.15, -0.1) is 16.4 Å². The van der Waals surface area contributed by atoms with E-state index in [0.29, 0.717) is 47.4 Å². The molecule has 10 nitrogen and oxygen atoms in total. The molecular weight excluding hydrogens is 462 g/mol. The van der Waals surface area contributed by atoms with Crippen molar-refractivity contribution in [2.24, 2.45) is 0 Å². The van der Waals surface area contributed by atoms with Crippen LogP contribution in [0.15, 0.2) is 46.9 Å². The number of ether oxygens (including phenoxy) is 1. The zero-order valence-electron chi connectivity index (χ0n) is 18.2. The van der Waals surface area contributed by atoms with Gasteiger partial charge < -0.3 is 9.64 Å². The van der Waals surface area contributed by atoms with Crippen molar-refractivity contribution in [1.82, 2.24) is 29.3 Å². The predicted octanol–water partition coefficient (Wildman–Crippen LogP) is 2.35. The Labute approximate surface area is 195 Å². The van der Waals surface area contributed by atoms with Crippen LogP contribution in [0.1, 0.15) is 11.8 Å². The summed E-state index contributed by atoms with van der Waals surface area (Å²) in [6, 6.07) is 11.1. The summed E-state index contributed by atoms with van der Waals surface area (Å²) in [5, 5.41) is 8.60. The summed E-state index contributed by atoms with van der Waals surface area (Å²) >= 11 is 1.34. The fraction of sp³-hybridized carbons (Fsp3) is 0.333. The van der Waals surface area contributed by atoms with Crippen molar-refractivity contribution in [3.63, 3.8) is 0 Å². The third-order valence-electron chi connectivity index (χ3n) is 5.65. The molecule has 0 atom stereocenters. The highest BCUT2D eigenvalue weighted by Crippen LogP contribution is 2.28. The Kier molecular flexibility index (Phi) is 5.72. The minimum atomic E-state index is -3.49. The van der Waals surface area contributed by atoms with Crippen LogP contribution < -0.4 is 9.64 Å². The molecule has 33 heavy (non-hydrogen) atoms. The molecule has 0 amide bonds. The smallest absolute Gasteiger partial charge is 0.252 e. The van der Waals surface area contributed by atoms with Crippen LogP contribution >= 0.6 is 11.3 Å². The lowest BCUT2D eigenvalue weighted by molar-refractivity contribution is 0.385. The van der Waals surface area contributed by atoms with Gasteiger partial charge in [-0.05, 0) is 42.8 Å². The topological polar surface area (TPSA) is 106 Å². The second-order valence-corrected chi connectivity index (χ2v) is 10.9. The van der Waals surface area contributed by atoms with Gasteiger partial charge in [-0.25, -0.2) is 18.4 Å². The summed E-state index contributed by atoms with van der Waals surface area (Å²) in [6.45, 7) is 3.79. The number of hydrogen-bond donors (Lipinski definition) is 0. The Hall–Kier alpha value is -3.09. The van der Waals surface area contributed by atoms with Gasteiger partial charge in [-0.2, -0.15) is 8.99 Å². The maximum Gasteiger partial charge on any atom is 0.252 e. The number of benzene rings is 1. The molecule has 1 aliphatic rings. The van der Waals surface area contributed by atoms with Crippen molar-refractivity contribution in [1.29, 1.82) is 0 Å². The van der Waals surface area contributed by atoms with Crippen LogP contribution in [0.3, 0.4) is 0 Å². The lowest BCUT2D eigenvalue weighted by Gasteiger charge is -2.34. The van der Waals surface area contributed by atoms with Gasteiger partial charge in [-0.1, -0.05) is 12.1 Å². The van der Waals surface area contributed by atoms with E-state index >= 15 is 0 Å². The van der Waals surface area contributed by atoms with Crippen LogP contribution in [0, 0.1) is 0 Å². The molecule has 0 N–H and O–H groups in total. The molecule has 0 radical (unpaired) electrons. The predicted molar refractivity (Wildman–Crippen MR) is 126 cm³/mol. The third kappa shape index (κ3) is 3.94. The Morgan fingerprint density at radius 2 is 1.79 bits per heavy atom. The molecule has 0 aliphatic carbocycles. The lowest BCUT2D eigenvalue weighted by Crippen LogP contribution is -2.48. The van der Waals surface area contributed by atoms with E-state index in [2.05, 4.69) is 20.3 Å². The van der Waals surface area contributed by atoms with Crippen LogP contribution in [0.5, 0.6) is 5.75 Å². The van der Waals surface area contributed by atoms with E-state index in [1.165, 1.54) is 17.7 Å². The highest BCUT2D eigenvalue weighted by molar-refractivity contribution is 7.91. The number of piperazine rings is 1. The molecule has 0 bridgehead atoms. The van der Waals surface area contributed by atoms with Crippen molar-refractivity contribution >= 4 is 38.3 Å². The number of anilines is 1. The van der Waals surface area contributed by atoms with Crippen molar-refractivity contribution < 1.29 is 13.2 Å². The highest BCUT2D eigenvalue weighted by atomic mass is 32.2. The maximum atomic E-state index is 13.0. The van der Waals surface area contributed by atoms with E-state index in [1.54, 1.807) is 22.2 Å². The zero-order chi connectivity index (χ0) is 23.0. The Morgan fingerprint density at radius 3 is 2.45 bits per heavy atom. The number of rotatable bonds is 6. The number of nitrogens with zero attached hydrogens (tertiary/aromatic N) is 7. The molecule has 0 spiro atoms. The summed E-state index contributed by atoms with van der Waals surface area (Å²) in [5.41, 5.74) is 1.97. The fourth-order valence-electron chi connectivity index (χ4n) is 3.82. The molecule has 5 rings (SSSR count). The number of hydrogen-bond acceptors (Lipinski definition) is 9. The number of sulfonamides is 1. The fourth-order valence-corrected chi connectivity index (χ4v) is 6.69. The van der Waals surface area contributed by atoms with Crippen molar-refractivity contribution in [2.75, 3.05) is 38.2 Å². The van der Waals surface area contributed by atoms with Gasteiger partial charge in [-0.3, -0.25) is 0 Å². The van der Waals surface area contributed by atoms with Crippen LogP contribution in [0.2, 0.25) is 0 Å². The zero-order valence-corrected chi connectivity index (χ0v) is 19.9. The van der Waals surface area contributed by atoms with E-state index in [9.17, 15) is 8.42 Å². The normalized spacial score (nSPS) is 15.3. The van der Waals surface area contributed by atoms with E-state index in [4.69, 9.17) is 4.74 Å². The van der Waals surface area contributed by atoms with Crippen LogP contribution in [0.25, 0.3) is 16.9 Å². The molecule has 4 aromatic rings. The van der Waals surface area contributed by atoms with Gasteiger partial charge in [0.2, 0.25) is 0 Å². The van der Waals surface area contributed by atoms with Crippen molar-refractivity contribution in [2.45, 2.75) is 17.6 Å². The molecule has 1 saturated heterocycles. The summed E-state index contributed by atoms with van der Waals surface area (Å²) in [7, 11) is -1.87. The van der Waals surface area contributed by atoms with Crippen LogP contribution in [-0.4, -0.2) is 71.0 Å². The molecule has 12 heteroatoms.